The molecule has 0 spiro atoms. The summed E-state index contributed by atoms with van der Waals surface area (Å²) in [4.78, 5) is 11.2. The molecule has 0 fully saturated rings. The second kappa shape index (κ2) is 7.45. The first-order chi connectivity index (χ1) is 12.4. The van der Waals surface area contributed by atoms with Gasteiger partial charge >= 0.3 is 0 Å². The van der Waals surface area contributed by atoms with E-state index < -0.39 is 5.91 Å². The van der Waals surface area contributed by atoms with Gasteiger partial charge in [-0.25, -0.2) is 5.48 Å². The monoisotopic (exact) mass is 357 g/mol. The molecule has 7 heteroatoms. The van der Waals surface area contributed by atoms with Crippen LogP contribution in [0.5, 0.6) is 0 Å². The molecule has 140 valence electrons. The van der Waals surface area contributed by atoms with Gasteiger partial charge in [0.1, 0.15) is 0 Å². The number of anilines is 1. The second-order valence-corrected chi connectivity index (χ2v) is 7.51. The van der Waals surface area contributed by atoms with Crippen LogP contribution in [0.4, 0.5) is 5.69 Å². The van der Waals surface area contributed by atoms with Gasteiger partial charge in [-0.3, -0.25) is 15.0 Å². The zero-order valence-corrected chi connectivity index (χ0v) is 15.7. The molecule has 0 saturated carbocycles. The standard InChI is InChI=1S/C19H27N5O2/c1-11(2)19(24-10-14(21-23-24)6-8-17(25)22-26)18-13(4)15-7-5-12(3)9-16(15)20-18/h5-7,9,11,13,18-20,26H,8,10H2,1-4H3,(H,22,25)/b14-6-. The van der Waals surface area contributed by atoms with Crippen molar-refractivity contribution in [2.75, 3.05) is 11.9 Å². The lowest BCUT2D eigenvalue weighted by atomic mass is 9.86. The molecule has 0 radical (unpaired) electrons. The van der Waals surface area contributed by atoms with Gasteiger partial charge in [-0.05, 0) is 36.1 Å². The number of benzene rings is 1. The molecule has 2 aliphatic heterocycles. The molecule has 3 rings (SSSR count). The third kappa shape index (κ3) is 3.58. The largest absolute Gasteiger partial charge is 0.379 e. The Bertz CT molecular complexity index is 743. The Labute approximate surface area is 154 Å². The van der Waals surface area contributed by atoms with Crippen molar-refractivity contribution >= 4 is 11.6 Å². The van der Waals surface area contributed by atoms with E-state index >= 15 is 0 Å². The highest BCUT2D eigenvalue weighted by Crippen LogP contribution is 2.40. The molecule has 3 N–H and O–H groups in total. The van der Waals surface area contributed by atoms with Crippen molar-refractivity contribution in [1.29, 1.82) is 0 Å². The Morgan fingerprint density at radius 3 is 2.96 bits per heavy atom. The minimum absolute atomic E-state index is 0.0911. The SMILES string of the molecule is Cc1ccc2c(c1)NC(C(C(C)C)N1C/C(=C/CC(=O)NO)N=N1)C2C. The van der Waals surface area contributed by atoms with Crippen molar-refractivity contribution < 1.29 is 10.0 Å². The van der Waals surface area contributed by atoms with Crippen LogP contribution < -0.4 is 10.8 Å². The second-order valence-electron chi connectivity index (χ2n) is 7.51. The number of rotatable bonds is 5. The van der Waals surface area contributed by atoms with Crippen LogP contribution in [0.25, 0.3) is 0 Å². The van der Waals surface area contributed by atoms with Crippen LogP contribution in [0.15, 0.2) is 40.3 Å². The van der Waals surface area contributed by atoms with E-state index in [1.165, 1.54) is 16.8 Å². The van der Waals surface area contributed by atoms with Gasteiger partial charge in [0, 0.05) is 18.0 Å². The topological polar surface area (TPSA) is 89.3 Å². The molecule has 1 aromatic rings. The normalized spacial score (nSPS) is 24.1. The zero-order valence-electron chi connectivity index (χ0n) is 15.7. The summed E-state index contributed by atoms with van der Waals surface area (Å²) in [7, 11) is 0. The quantitative estimate of drug-likeness (QED) is 0.557. The van der Waals surface area contributed by atoms with Crippen LogP contribution in [0.2, 0.25) is 0 Å². The number of aryl methyl sites for hydroxylation is 1. The predicted molar refractivity (Wildman–Crippen MR) is 99.8 cm³/mol. The predicted octanol–water partition coefficient (Wildman–Crippen LogP) is 3.38. The molecule has 26 heavy (non-hydrogen) atoms. The van der Waals surface area contributed by atoms with Crippen LogP contribution in [0.1, 0.15) is 44.2 Å². The molecule has 1 amide bonds. The van der Waals surface area contributed by atoms with E-state index in [0.29, 0.717) is 18.4 Å². The molecule has 0 aromatic heterocycles. The Morgan fingerprint density at radius 1 is 1.50 bits per heavy atom. The van der Waals surface area contributed by atoms with Crippen LogP contribution >= 0.6 is 0 Å². The van der Waals surface area contributed by atoms with Gasteiger partial charge in [0.25, 0.3) is 0 Å². The molecule has 0 aliphatic carbocycles. The Morgan fingerprint density at radius 2 is 2.27 bits per heavy atom. The summed E-state index contributed by atoms with van der Waals surface area (Å²) < 4.78 is 0. The first-order valence-corrected chi connectivity index (χ1v) is 9.08. The smallest absolute Gasteiger partial charge is 0.247 e. The maximum atomic E-state index is 11.2. The number of amides is 1. The zero-order chi connectivity index (χ0) is 18.8. The van der Waals surface area contributed by atoms with Gasteiger partial charge in [0.2, 0.25) is 5.91 Å². The van der Waals surface area contributed by atoms with E-state index in [4.69, 9.17) is 5.21 Å². The van der Waals surface area contributed by atoms with Crippen LogP contribution in [-0.4, -0.2) is 34.8 Å². The fourth-order valence-electron chi connectivity index (χ4n) is 3.89. The van der Waals surface area contributed by atoms with Crippen molar-refractivity contribution in [1.82, 2.24) is 10.5 Å². The third-order valence-electron chi connectivity index (χ3n) is 5.22. The average Bonchev–Trinajstić information content (AvgIpc) is 3.18. The number of carbonyl (C=O) groups is 1. The van der Waals surface area contributed by atoms with Crippen molar-refractivity contribution in [3.8, 4) is 0 Å². The lowest BCUT2D eigenvalue weighted by Gasteiger charge is -2.35. The van der Waals surface area contributed by atoms with Crippen molar-refractivity contribution in [2.24, 2.45) is 16.3 Å². The van der Waals surface area contributed by atoms with Crippen molar-refractivity contribution in [3.63, 3.8) is 0 Å². The number of nitrogens with one attached hydrogen (secondary N) is 2. The van der Waals surface area contributed by atoms with Crippen molar-refractivity contribution in [3.05, 3.63) is 41.1 Å². The van der Waals surface area contributed by atoms with E-state index in [9.17, 15) is 4.79 Å². The molecule has 3 unspecified atom stereocenters. The maximum absolute atomic E-state index is 11.2. The molecule has 0 bridgehead atoms. The van der Waals surface area contributed by atoms with E-state index in [2.05, 4.69) is 61.5 Å². The molecule has 2 heterocycles. The minimum Gasteiger partial charge on any atom is -0.379 e. The summed E-state index contributed by atoms with van der Waals surface area (Å²) in [6, 6.07) is 6.99. The molecule has 2 aliphatic rings. The highest BCUT2D eigenvalue weighted by molar-refractivity contribution is 5.76. The summed E-state index contributed by atoms with van der Waals surface area (Å²) in [6.45, 7) is 9.33. The maximum Gasteiger partial charge on any atom is 0.247 e. The van der Waals surface area contributed by atoms with Gasteiger partial charge in [-0.15, -0.1) is 5.11 Å². The number of carbonyl (C=O) groups excluding carboxylic acids is 1. The van der Waals surface area contributed by atoms with E-state index in [0.717, 1.165) is 5.70 Å². The van der Waals surface area contributed by atoms with E-state index in [1.54, 1.807) is 11.6 Å². The average molecular weight is 357 g/mol. The molecule has 7 nitrogen and oxygen atoms in total. The van der Waals surface area contributed by atoms with Gasteiger partial charge in [-0.2, -0.15) is 0 Å². The highest BCUT2D eigenvalue weighted by Gasteiger charge is 2.40. The van der Waals surface area contributed by atoms with Crippen LogP contribution in [0.3, 0.4) is 0 Å². The summed E-state index contributed by atoms with van der Waals surface area (Å²) >= 11 is 0. The molecular weight excluding hydrogens is 330 g/mol. The number of hydrogen-bond donors (Lipinski definition) is 3. The van der Waals surface area contributed by atoms with Crippen molar-refractivity contribution in [2.45, 2.75) is 52.1 Å². The summed E-state index contributed by atoms with van der Waals surface area (Å²) in [5.41, 5.74) is 6.18. The molecule has 3 atom stereocenters. The van der Waals surface area contributed by atoms with Gasteiger partial charge in [0.05, 0.1) is 24.3 Å². The van der Waals surface area contributed by atoms with Gasteiger partial charge < -0.3 is 5.32 Å². The molecular formula is C19H27N5O2. The van der Waals surface area contributed by atoms with Crippen LogP contribution in [0, 0.1) is 12.8 Å². The van der Waals surface area contributed by atoms with Gasteiger partial charge in [-0.1, -0.05) is 38.1 Å². The minimum atomic E-state index is -0.455. The lowest BCUT2D eigenvalue weighted by Crippen LogP contribution is -2.47. The Balaban J connectivity index is 1.75. The fourth-order valence-corrected chi connectivity index (χ4v) is 3.89. The molecule has 1 aromatic carbocycles. The van der Waals surface area contributed by atoms with Gasteiger partial charge in [0.15, 0.2) is 0 Å². The number of hydrogen-bond acceptors (Lipinski definition) is 6. The number of hydroxylamine groups is 1. The van der Waals surface area contributed by atoms with E-state index in [1.807, 2.05) is 5.01 Å². The summed E-state index contributed by atoms with van der Waals surface area (Å²) in [5, 5.41) is 22.9. The third-order valence-corrected chi connectivity index (χ3v) is 5.22. The Kier molecular flexibility index (Phi) is 5.27. The van der Waals surface area contributed by atoms with Crippen LogP contribution in [-0.2, 0) is 4.79 Å². The number of nitrogens with zero attached hydrogens (tertiary/aromatic N) is 3. The van der Waals surface area contributed by atoms with E-state index in [-0.39, 0.29) is 18.5 Å². The number of fused-ring (bicyclic) bond motifs is 1. The summed E-state index contributed by atoms with van der Waals surface area (Å²) in [5.74, 6) is 0.300. The highest BCUT2D eigenvalue weighted by atomic mass is 16.5. The summed E-state index contributed by atoms with van der Waals surface area (Å²) in [6.07, 6.45) is 1.80. The lowest BCUT2D eigenvalue weighted by molar-refractivity contribution is -0.128. The first kappa shape index (κ1) is 18.4. The Hall–Kier alpha value is -2.41. The molecule has 0 saturated heterocycles. The fraction of sp³-hybridized carbons (Fsp3) is 0.526. The first-order valence-electron chi connectivity index (χ1n) is 9.08.